The second-order valence-electron chi connectivity index (χ2n) is 5.05. The van der Waals surface area contributed by atoms with Crippen LogP contribution in [0.1, 0.15) is 18.4 Å². The normalized spacial score (nSPS) is 28.1. The van der Waals surface area contributed by atoms with Crippen LogP contribution < -0.4 is 11.1 Å². The Kier molecular flexibility index (Phi) is 3.08. The number of nitrogen functional groups attached to an aromatic ring is 1. The van der Waals surface area contributed by atoms with E-state index in [-0.39, 0.29) is 11.7 Å². The number of halogens is 1. The molecule has 1 aromatic rings. The van der Waals surface area contributed by atoms with Crippen LogP contribution >= 0.6 is 11.8 Å². The Bertz CT molecular complexity index is 607. The number of aliphatic imine (C=N–C) groups is 1. The van der Waals surface area contributed by atoms with E-state index in [0.29, 0.717) is 16.4 Å². The molecule has 1 heterocycles. The SMILES string of the molecule is Nc1ccc(F)c([C@]23C[C@H]2CCSC(NC(=O)O)=N3)c1. The number of amides is 1. The van der Waals surface area contributed by atoms with Gasteiger partial charge in [0.2, 0.25) is 0 Å². The fourth-order valence-electron chi connectivity index (χ4n) is 2.73. The highest BCUT2D eigenvalue weighted by molar-refractivity contribution is 8.13. The van der Waals surface area contributed by atoms with Crippen LogP contribution in [0.2, 0.25) is 0 Å². The molecule has 7 heteroatoms. The van der Waals surface area contributed by atoms with Crippen LogP contribution in [0.15, 0.2) is 23.2 Å². The molecule has 1 fully saturated rings. The maximum Gasteiger partial charge on any atom is 0.410 e. The Morgan fingerprint density at radius 3 is 3.15 bits per heavy atom. The van der Waals surface area contributed by atoms with E-state index in [9.17, 15) is 9.18 Å². The molecule has 0 saturated heterocycles. The predicted octanol–water partition coefficient (Wildman–Crippen LogP) is 2.38. The monoisotopic (exact) mass is 295 g/mol. The van der Waals surface area contributed by atoms with Gasteiger partial charge in [-0.1, -0.05) is 11.8 Å². The topological polar surface area (TPSA) is 87.7 Å². The number of thioether (sulfide) groups is 1. The molecule has 1 aromatic carbocycles. The average molecular weight is 295 g/mol. The van der Waals surface area contributed by atoms with E-state index in [1.807, 2.05) is 0 Å². The van der Waals surface area contributed by atoms with Crippen molar-refractivity contribution in [2.45, 2.75) is 18.4 Å². The lowest BCUT2D eigenvalue weighted by Gasteiger charge is -2.15. The fraction of sp³-hybridized carbons (Fsp3) is 0.385. The highest BCUT2D eigenvalue weighted by atomic mass is 32.2. The van der Waals surface area contributed by atoms with E-state index in [2.05, 4.69) is 10.3 Å². The molecule has 20 heavy (non-hydrogen) atoms. The number of rotatable bonds is 1. The molecule has 0 aromatic heterocycles. The van der Waals surface area contributed by atoms with Gasteiger partial charge < -0.3 is 10.8 Å². The summed E-state index contributed by atoms with van der Waals surface area (Å²) in [6.07, 6.45) is 0.463. The first-order valence-corrected chi connectivity index (χ1v) is 7.28. The smallest absolute Gasteiger partial charge is 0.410 e. The number of carbonyl (C=O) groups is 1. The molecule has 0 unspecified atom stereocenters. The van der Waals surface area contributed by atoms with Crippen LogP contribution in [0.5, 0.6) is 0 Å². The summed E-state index contributed by atoms with van der Waals surface area (Å²) in [4.78, 5) is 15.2. The zero-order valence-corrected chi connectivity index (χ0v) is 11.4. The molecule has 1 saturated carbocycles. The number of nitrogens with two attached hydrogens (primary N) is 1. The summed E-state index contributed by atoms with van der Waals surface area (Å²) in [5.74, 6) is 0.682. The van der Waals surface area contributed by atoms with Crippen molar-refractivity contribution >= 4 is 28.7 Å². The van der Waals surface area contributed by atoms with E-state index in [1.54, 1.807) is 6.07 Å². The first kappa shape index (κ1) is 13.2. The molecule has 4 N–H and O–H groups in total. The molecule has 3 rings (SSSR count). The molecular weight excluding hydrogens is 281 g/mol. The fourth-order valence-corrected chi connectivity index (χ4v) is 3.71. The standard InChI is InChI=1S/C13H14FN3O2S/c14-10-2-1-8(15)5-9(10)13-6-7(13)3-4-20-11(17-13)16-12(18)19/h1-2,5,7H,3-4,6,15H2,(H,16,17)(H,18,19)/t7-,13+/m1/s1. The minimum absolute atomic E-state index is 0.249. The molecule has 0 bridgehead atoms. The average Bonchev–Trinajstić information content (AvgIpc) is 3.06. The summed E-state index contributed by atoms with van der Waals surface area (Å²) < 4.78 is 14.1. The molecule has 1 amide bonds. The summed E-state index contributed by atoms with van der Waals surface area (Å²) in [7, 11) is 0. The Hall–Kier alpha value is -1.76. The number of fused-ring (bicyclic) bond motifs is 1. The maximum atomic E-state index is 14.1. The Morgan fingerprint density at radius 2 is 2.40 bits per heavy atom. The molecule has 106 valence electrons. The Labute approximate surface area is 119 Å². The van der Waals surface area contributed by atoms with Crippen molar-refractivity contribution < 1.29 is 14.3 Å². The zero-order chi connectivity index (χ0) is 14.3. The van der Waals surface area contributed by atoms with Gasteiger partial charge in [-0.05, 0) is 37.0 Å². The number of nitrogens with zero attached hydrogens (tertiary/aromatic N) is 1. The molecule has 2 aliphatic rings. The van der Waals surface area contributed by atoms with Gasteiger partial charge in [-0.25, -0.2) is 9.18 Å². The number of hydrogen-bond donors (Lipinski definition) is 3. The number of nitrogens with one attached hydrogen (secondary N) is 1. The quantitative estimate of drug-likeness (QED) is 0.694. The van der Waals surface area contributed by atoms with Crippen LogP contribution in [0.3, 0.4) is 0 Å². The van der Waals surface area contributed by atoms with Crippen LogP contribution in [0.25, 0.3) is 0 Å². The van der Waals surface area contributed by atoms with E-state index in [1.165, 1.54) is 23.9 Å². The third-order valence-corrected chi connectivity index (χ3v) is 4.66. The second kappa shape index (κ2) is 4.66. The van der Waals surface area contributed by atoms with Gasteiger partial charge in [0.15, 0.2) is 5.17 Å². The van der Waals surface area contributed by atoms with E-state index in [0.717, 1.165) is 18.6 Å². The van der Waals surface area contributed by atoms with Gasteiger partial charge in [0, 0.05) is 17.0 Å². The highest BCUT2D eigenvalue weighted by Gasteiger charge is 2.57. The molecule has 0 spiro atoms. The Morgan fingerprint density at radius 1 is 1.60 bits per heavy atom. The van der Waals surface area contributed by atoms with Gasteiger partial charge in [-0.3, -0.25) is 10.3 Å². The van der Waals surface area contributed by atoms with Crippen molar-refractivity contribution in [2.24, 2.45) is 10.9 Å². The maximum absolute atomic E-state index is 14.1. The molecular formula is C13H14FN3O2S. The largest absolute Gasteiger partial charge is 0.465 e. The van der Waals surface area contributed by atoms with Crippen LogP contribution in [-0.4, -0.2) is 22.1 Å². The molecule has 1 aliphatic heterocycles. The first-order chi connectivity index (χ1) is 9.51. The predicted molar refractivity (Wildman–Crippen MR) is 76.3 cm³/mol. The van der Waals surface area contributed by atoms with Crippen molar-refractivity contribution in [3.8, 4) is 0 Å². The third kappa shape index (κ3) is 2.22. The lowest BCUT2D eigenvalue weighted by Crippen LogP contribution is -2.28. The van der Waals surface area contributed by atoms with Crippen LogP contribution in [0, 0.1) is 11.7 Å². The van der Waals surface area contributed by atoms with Crippen molar-refractivity contribution in [1.82, 2.24) is 5.32 Å². The molecule has 0 radical (unpaired) electrons. The van der Waals surface area contributed by atoms with Crippen LogP contribution in [-0.2, 0) is 5.54 Å². The van der Waals surface area contributed by atoms with E-state index < -0.39 is 11.6 Å². The molecule has 5 nitrogen and oxygen atoms in total. The number of carboxylic acid groups (broad SMARTS) is 1. The van der Waals surface area contributed by atoms with Gasteiger partial charge in [0.05, 0.1) is 5.54 Å². The summed E-state index contributed by atoms with van der Waals surface area (Å²) in [6.45, 7) is 0. The van der Waals surface area contributed by atoms with Gasteiger partial charge in [0.1, 0.15) is 5.82 Å². The van der Waals surface area contributed by atoms with Gasteiger partial charge in [-0.2, -0.15) is 0 Å². The molecule has 2 atom stereocenters. The van der Waals surface area contributed by atoms with Gasteiger partial charge in [-0.15, -0.1) is 0 Å². The summed E-state index contributed by atoms with van der Waals surface area (Å²) in [5.41, 5.74) is 6.04. The summed E-state index contributed by atoms with van der Waals surface area (Å²) in [5, 5.41) is 11.4. The Balaban J connectivity index is 2.02. The number of amidine groups is 1. The van der Waals surface area contributed by atoms with Crippen molar-refractivity contribution in [2.75, 3.05) is 11.5 Å². The highest BCUT2D eigenvalue weighted by Crippen LogP contribution is 2.59. The van der Waals surface area contributed by atoms with Crippen molar-refractivity contribution in [3.63, 3.8) is 0 Å². The van der Waals surface area contributed by atoms with Crippen molar-refractivity contribution in [3.05, 3.63) is 29.6 Å². The van der Waals surface area contributed by atoms with Crippen LogP contribution in [0.4, 0.5) is 14.9 Å². The van der Waals surface area contributed by atoms with Crippen molar-refractivity contribution in [1.29, 1.82) is 0 Å². The lowest BCUT2D eigenvalue weighted by molar-refractivity contribution is 0.200. The number of benzene rings is 1. The van der Waals surface area contributed by atoms with E-state index in [4.69, 9.17) is 10.8 Å². The summed E-state index contributed by atoms with van der Waals surface area (Å²) >= 11 is 1.35. The zero-order valence-electron chi connectivity index (χ0n) is 10.6. The minimum Gasteiger partial charge on any atom is -0.465 e. The number of anilines is 1. The van der Waals surface area contributed by atoms with E-state index >= 15 is 0 Å². The minimum atomic E-state index is -1.15. The first-order valence-electron chi connectivity index (χ1n) is 6.29. The third-order valence-electron chi connectivity index (χ3n) is 3.75. The lowest BCUT2D eigenvalue weighted by atomic mass is 10.0. The van der Waals surface area contributed by atoms with Gasteiger partial charge >= 0.3 is 6.09 Å². The van der Waals surface area contributed by atoms with Gasteiger partial charge in [0.25, 0.3) is 0 Å². The second-order valence-corrected chi connectivity index (χ2v) is 6.13. The summed E-state index contributed by atoms with van der Waals surface area (Å²) in [6, 6.07) is 4.46. The number of hydrogen-bond acceptors (Lipinski definition) is 4. The molecule has 1 aliphatic carbocycles.